The van der Waals surface area contributed by atoms with E-state index in [4.69, 9.17) is 5.14 Å². The monoisotopic (exact) mass is 314 g/mol. The van der Waals surface area contributed by atoms with Crippen LogP contribution in [-0.4, -0.2) is 39.0 Å². The third-order valence-corrected chi connectivity index (χ3v) is 3.17. The summed E-state index contributed by atoms with van der Waals surface area (Å²) < 4.78 is 71.8. The number of hydrogen-bond donors (Lipinski definition) is 1. The number of hydrogen-bond acceptors (Lipinski definition) is 3. The molecule has 0 aromatic heterocycles. The van der Waals surface area contributed by atoms with Gasteiger partial charge in [0.2, 0.25) is 10.0 Å². The van der Waals surface area contributed by atoms with Gasteiger partial charge in [-0.05, 0) is 18.2 Å². The third-order valence-electron chi connectivity index (χ3n) is 2.26. The Labute approximate surface area is 112 Å². The molecule has 0 atom stereocenters. The van der Waals surface area contributed by atoms with Crippen molar-refractivity contribution in [2.75, 3.05) is 13.6 Å². The molecule has 1 amide bonds. The van der Waals surface area contributed by atoms with Crippen molar-refractivity contribution in [2.45, 2.75) is 11.1 Å². The standard InChI is InChI=1S/C10H10F4N2O3S/c1-16(5-10(12,13)14)9(17)7-3-2-6(4-8(7)11)20(15,18)19/h2-4H,5H2,1H3,(H2,15,18,19). The van der Waals surface area contributed by atoms with Crippen LogP contribution in [0.15, 0.2) is 23.1 Å². The Hall–Kier alpha value is -1.68. The molecule has 0 aliphatic heterocycles. The molecule has 0 aliphatic carbocycles. The van der Waals surface area contributed by atoms with Crippen LogP contribution in [0.25, 0.3) is 0 Å². The Bertz CT molecular complexity index is 628. The van der Waals surface area contributed by atoms with Crippen LogP contribution < -0.4 is 5.14 Å². The highest BCUT2D eigenvalue weighted by Gasteiger charge is 2.32. The summed E-state index contributed by atoms with van der Waals surface area (Å²) in [5.41, 5.74) is -0.677. The van der Waals surface area contributed by atoms with E-state index in [1.54, 1.807) is 0 Å². The molecule has 20 heavy (non-hydrogen) atoms. The van der Waals surface area contributed by atoms with Gasteiger partial charge in [0.1, 0.15) is 12.4 Å². The van der Waals surface area contributed by atoms with E-state index in [2.05, 4.69) is 0 Å². The van der Waals surface area contributed by atoms with Crippen molar-refractivity contribution >= 4 is 15.9 Å². The van der Waals surface area contributed by atoms with Gasteiger partial charge in [-0.25, -0.2) is 17.9 Å². The molecule has 0 aliphatic rings. The van der Waals surface area contributed by atoms with Crippen LogP contribution in [0, 0.1) is 5.82 Å². The molecule has 1 rings (SSSR count). The fourth-order valence-corrected chi connectivity index (χ4v) is 1.92. The normalized spacial score (nSPS) is 12.3. The summed E-state index contributed by atoms with van der Waals surface area (Å²) in [6.07, 6.45) is -4.62. The number of halogens is 4. The Morgan fingerprint density at radius 1 is 1.35 bits per heavy atom. The summed E-state index contributed by atoms with van der Waals surface area (Å²) in [5, 5.41) is 4.76. The second-order valence-electron chi connectivity index (χ2n) is 3.96. The van der Waals surface area contributed by atoms with Crippen molar-refractivity contribution in [3.05, 3.63) is 29.6 Å². The smallest absolute Gasteiger partial charge is 0.333 e. The van der Waals surface area contributed by atoms with E-state index in [1.165, 1.54) is 0 Å². The van der Waals surface area contributed by atoms with Crippen LogP contribution in [0.1, 0.15) is 10.4 Å². The van der Waals surface area contributed by atoms with Crippen molar-refractivity contribution in [1.29, 1.82) is 0 Å². The number of primary sulfonamides is 1. The van der Waals surface area contributed by atoms with Gasteiger partial charge in [-0.1, -0.05) is 0 Å². The second kappa shape index (κ2) is 5.37. The molecule has 0 heterocycles. The van der Waals surface area contributed by atoms with Gasteiger partial charge < -0.3 is 4.90 Å². The zero-order chi connectivity index (χ0) is 15.7. The first-order valence-electron chi connectivity index (χ1n) is 5.06. The van der Waals surface area contributed by atoms with E-state index in [9.17, 15) is 30.8 Å². The van der Waals surface area contributed by atoms with Crippen molar-refractivity contribution in [2.24, 2.45) is 5.14 Å². The lowest BCUT2D eigenvalue weighted by atomic mass is 10.2. The Morgan fingerprint density at radius 3 is 2.30 bits per heavy atom. The quantitative estimate of drug-likeness (QED) is 0.849. The predicted molar refractivity (Wildman–Crippen MR) is 60.8 cm³/mol. The highest BCUT2D eigenvalue weighted by Crippen LogP contribution is 2.19. The summed E-state index contributed by atoms with van der Waals surface area (Å²) in [6, 6.07) is 2.08. The molecule has 112 valence electrons. The highest BCUT2D eigenvalue weighted by atomic mass is 32.2. The van der Waals surface area contributed by atoms with Crippen LogP contribution >= 0.6 is 0 Å². The van der Waals surface area contributed by atoms with Gasteiger partial charge in [0.15, 0.2) is 0 Å². The molecule has 0 saturated heterocycles. The Morgan fingerprint density at radius 2 is 1.90 bits per heavy atom. The zero-order valence-corrected chi connectivity index (χ0v) is 10.9. The van der Waals surface area contributed by atoms with Crippen LogP contribution in [-0.2, 0) is 10.0 Å². The van der Waals surface area contributed by atoms with Crippen molar-refractivity contribution in [1.82, 2.24) is 4.90 Å². The molecule has 1 aromatic carbocycles. The topological polar surface area (TPSA) is 80.5 Å². The van der Waals surface area contributed by atoms with Crippen LogP contribution in [0.5, 0.6) is 0 Å². The number of rotatable bonds is 3. The Kier molecular flexibility index (Phi) is 4.39. The first-order valence-corrected chi connectivity index (χ1v) is 6.61. The third kappa shape index (κ3) is 4.17. The lowest BCUT2D eigenvalue weighted by molar-refractivity contribution is -0.138. The summed E-state index contributed by atoms with van der Waals surface area (Å²) >= 11 is 0. The van der Waals surface area contributed by atoms with Crippen molar-refractivity contribution in [3.63, 3.8) is 0 Å². The largest absolute Gasteiger partial charge is 0.406 e. The second-order valence-corrected chi connectivity index (χ2v) is 5.52. The number of carbonyl (C=O) groups excluding carboxylic acids is 1. The lowest BCUT2D eigenvalue weighted by Gasteiger charge is -2.19. The van der Waals surface area contributed by atoms with Crippen molar-refractivity contribution < 1.29 is 30.8 Å². The van der Waals surface area contributed by atoms with Gasteiger partial charge in [-0.3, -0.25) is 4.79 Å². The fraction of sp³-hybridized carbons (Fsp3) is 0.300. The molecule has 0 bridgehead atoms. The van der Waals surface area contributed by atoms with Crippen molar-refractivity contribution in [3.8, 4) is 0 Å². The van der Waals surface area contributed by atoms with Gasteiger partial charge >= 0.3 is 6.18 Å². The van der Waals surface area contributed by atoms with E-state index in [0.29, 0.717) is 6.07 Å². The maximum atomic E-state index is 13.6. The van der Waals surface area contributed by atoms with E-state index in [0.717, 1.165) is 19.2 Å². The summed E-state index contributed by atoms with van der Waals surface area (Å²) in [4.78, 5) is 11.3. The number of sulfonamides is 1. The minimum absolute atomic E-state index is 0.273. The maximum absolute atomic E-state index is 13.6. The summed E-state index contributed by atoms with van der Waals surface area (Å²) in [6.45, 7) is -1.55. The molecule has 10 heteroatoms. The number of nitrogens with two attached hydrogens (primary N) is 1. The highest BCUT2D eigenvalue weighted by molar-refractivity contribution is 7.89. The lowest BCUT2D eigenvalue weighted by Crippen LogP contribution is -2.36. The molecule has 0 unspecified atom stereocenters. The molecule has 1 aromatic rings. The van der Waals surface area contributed by atoms with E-state index in [1.807, 2.05) is 0 Å². The van der Waals surface area contributed by atoms with Gasteiger partial charge in [0.05, 0.1) is 10.5 Å². The summed E-state index contributed by atoms with van der Waals surface area (Å²) in [5.74, 6) is -2.49. The van der Waals surface area contributed by atoms with Crippen LogP contribution in [0.2, 0.25) is 0 Å². The van der Waals surface area contributed by atoms with E-state index < -0.39 is 44.9 Å². The molecular formula is C10H10F4N2O3S. The Balaban J connectivity index is 3.07. The predicted octanol–water partition coefficient (Wildman–Crippen LogP) is 1.11. The fourth-order valence-electron chi connectivity index (χ4n) is 1.39. The number of amides is 1. The van der Waals surface area contributed by atoms with E-state index in [-0.39, 0.29) is 4.90 Å². The first kappa shape index (κ1) is 16.4. The zero-order valence-electron chi connectivity index (χ0n) is 10.1. The van der Waals surface area contributed by atoms with Gasteiger partial charge in [-0.15, -0.1) is 0 Å². The molecule has 5 nitrogen and oxygen atoms in total. The van der Waals surface area contributed by atoms with Crippen LogP contribution in [0.4, 0.5) is 17.6 Å². The van der Waals surface area contributed by atoms with Gasteiger partial charge in [-0.2, -0.15) is 13.2 Å². The van der Waals surface area contributed by atoms with Crippen LogP contribution in [0.3, 0.4) is 0 Å². The minimum Gasteiger partial charge on any atom is -0.333 e. The maximum Gasteiger partial charge on any atom is 0.406 e. The summed E-state index contributed by atoms with van der Waals surface area (Å²) in [7, 11) is -3.31. The number of nitrogens with zero attached hydrogens (tertiary/aromatic N) is 1. The minimum atomic E-state index is -4.62. The average Bonchev–Trinajstić information content (AvgIpc) is 2.24. The molecule has 2 N–H and O–H groups in total. The molecule has 0 radical (unpaired) electrons. The molecule has 0 saturated carbocycles. The average molecular weight is 314 g/mol. The SMILES string of the molecule is CN(CC(F)(F)F)C(=O)c1ccc(S(N)(=O)=O)cc1F. The number of carbonyl (C=O) groups is 1. The molecule has 0 fully saturated rings. The number of benzene rings is 1. The first-order chi connectivity index (χ1) is 8.92. The van der Waals surface area contributed by atoms with E-state index >= 15 is 0 Å². The van der Waals surface area contributed by atoms with Gasteiger partial charge in [0, 0.05) is 7.05 Å². The number of alkyl halides is 3. The molecular weight excluding hydrogens is 304 g/mol. The van der Waals surface area contributed by atoms with Gasteiger partial charge in [0.25, 0.3) is 5.91 Å². The molecule has 0 spiro atoms.